The lowest BCUT2D eigenvalue weighted by Gasteiger charge is -2.23. The number of amides is 1. The van der Waals surface area contributed by atoms with E-state index in [-0.39, 0.29) is 56.2 Å². The molecule has 304 valence electrons. The molecule has 4 N–H and O–H groups in total. The number of anilines is 1. The van der Waals surface area contributed by atoms with Gasteiger partial charge in [0.25, 0.3) is 5.92 Å². The number of alkyl halides is 5. The number of aryl methyl sites for hydroxylation is 1. The number of halogens is 8. The minimum Gasteiger partial charge on any atom is -0.378 e. The first-order valence-corrected chi connectivity index (χ1v) is 19.8. The molecule has 3 aromatic heterocycles. The van der Waals surface area contributed by atoms with E-state index in [0.717, 1.165) is 18.4 Å². The van der Waals surface area contributed by atoms with Crippen LogP contribution in [0.25, 0.3) is 22.0 Å². The van der Waals surface area contributed by atoms with E-state index in [2.05, 4.69) is 32.3 Å². The van der Waals surface area contributed by atoms with Crippen LogP contribution in [0.3, 0.4) is 0 Å². The number of nitrogens with zero attached hydrogens (tertiary/aromatic N) is 6. The lowest BCUT2D eigenvalue weighted by Crippen LogP contribution is -2.37. The van der Waals surface area contributed by atoms with E-state index in [1.165, 1.54) is 36.0 Å². The Kier molecular flexibility index (Phi) is 9.15. The fourth-order valence-corrected chi connectivity index (χ4v) is 8.18. The molecule has 3 heterocycles. The van der Waals surface area contributed by atoms with Gasteiger partial charge in [0.2, 0.25) is 15.9 Å². The smallest absolute Gasteiger partial charge is 0.378 e. The molecule has 0 bridgehead atoms. The summed E-state index contributed by atoms with van der Waals surface area (Å²) in [4.78, 5) is 18.6. The summed E-state index contributed by atoms with van der Waals surface area (Å²) in [5.74, 6) is 2.00. The summed E-state index contributed by atoms with van der Waals surface area (Å²) in [6.45, 7) is -1.10. The molecule has 3 aliphatic carbocycles. The molecule has 5 aromatic rings. The summed E-state index contributed by atoms with van der Waals surface area (Å²) in [5.41, 5.74) is -3.73. The minimum absolute atomic E-state index is 0.0127. The van der Waals surface area contributed by atoms with Crippen LogP contribution in [0.2, 0.25) is 5.02 Å². The quantitative estimate of drug-likeness (QED) is 0.0748. The van der Waals surface area contributed by atoms with E-state index in [9.17, 15) is 40.3 Å². The predicted molar refractivity (Wildman–Crippen MR) is 194 cm³/mol. The zero-order valence-corrected chi connectivity index (χ0v) is 31.7. The normalized spacial score (nSPS) is 19.2. The summed E-state index contributed by atoms with van der Waals surface area (Å²) in [7, 11) is -2.60. The molecule has 0 spiro atoms. The molecule has 2 aromatic carbocycles. The number of pyridine rings is 1. The van der Waals surface area contributed by atoms with Crippen molar-refractivity contribution in [1.82, 2.24) is 29.9 Å². The number of hydrogen-bond donors (Lipinski definition) is 3. The van der Waals surface area contributed by atoms with E-state index in [4.69, 9.17) is 17.4 Å². The predicted octanol–water partition coefficient (Wildman–Crippen LogP) is 5.61. The molecule has 3 atom stereocenters. The van der Waals surface area contributed by atoms with Gasteiger partial charge >= 0.3 is 6.18 Å². The fraction of sp³-hybridized carbons (Fsp3) is 0.351. The van der Waals surface area contributed by atoms with Crippen LogP contribution >= 0.6 is 11.6 Å². The Morgan fingerprint density at radius 1 is 1.12 bits per heavy atom. The number of hydrogen-bond acceptors (Lipinski definition) is 8. The molecule has 21 heteroatoms. The summed E-state index contributed by atoms with van der Waals surface area (Å²) >= 11 is 6.58. The van der Waals surface area contributed by atoms with Gasteiger partial charge in [-0.1, -0.05) is 23.6 Å². The monoisotopic (exact) mass is 850 g/mol. The molecule has 2 fully saturated rings. The Balaban J connectivity index is 1.28. The average molecular weight is 851 g/mol. The van der Waals surface area contributed by atoms with Gasteiger partial charge in [0, 0.05) is 35.7 Å². The van der Waals surface area contributed by atoms with Crippen molar-refractivity contribution < 1.29 is 49.1 Å². The van der Waals surface area contributed by atoms with Crippen molar-refractivity contribution in [3.63, 3.8) is 0 Å². The van der Waals surface area contributed by atoms with Crippen LogP contribution in [0.1, 0.15) is 65.1 Å². The van der Waals surface area contributed by atoms with Crippen molar-refractivity contribution >= 4 is 44.3 Å². The molecule has 8 rings (SSSR count). The van der Waals surface area contributed by atoms with Gasteiger partial charge in [-0.05, 0) is 73.4 Å². The van der Waals surface area contributed by atoms with Crippen LogP contribution in [0.15, 0.2) is 42.5 Å². The second-order valence-corrected chi connectivity index (χ2v) is 16.9. The highest BCUT2D eigenvalue weighted by Gasteiger charge is 2.68. The SMILES string of the molecule is Cn1nc(N(N)S(C)(=O)=O)c2c(Cl)ccc(-c3ccc(C#CC4(O)CC4)nc3[C@H](Cc3cc(F)cc(F)c3)NC(=O)Cn3nc(C(F)(F)F)c4c3C(F)(F)[C@@H]3C[C@H]43)c21. The minimum atomic E-state index is -5.09. The summed E-state index contributed by atoms with van der Waals surface area (Å²) in [5, 5.41) is 20.9. The molecule has 12 nitrogen and oxygen atoms in total. The van der Waals surface area contributed by atoms with Crippen LogP contribution < -0.4 is 15.6 Å². The number of rotatable bonds is 9. The van der Waals surface area contributed by atoms with E-state index in [1.807, 2.05) is 0 Å². The third kappa shape index (κ3) is 7.03. The Morgan fingerprint density at radius 2 is 1.79 bits per heavy atom. The van der Waals surface area contributed by atoms with Crippen molar-refractivity contribution in [3.05, 3.63) is 93.0 Å². The summed E-state index contributed by atoms with van der Waals surface area (Å²) in [6.07, 6.45) is -4.01. The first kappa shape index (κ1) is 39.6. The van der Waals surface area contributed by atoms with Crippen LogP contribution in [0.4, 0.5) is 36.6 Å². The fourth-order valence-electron chi connectivity index (χ4n) is 7.50. The molecule has 0 aliphatic heterocycles. The van der Waals surface area contributed by atoms with Gasteiger partial charge in [-0.2, -0.15) is 36.6 Å². The van der Waals surface area contributed by atoms with Gasteiger partial charge < -0.3 is 10.4 Å². The molecule has 58 heavy (non-hydrogen) atoms. The van der Waals surface area contributed by atoms with E-state index in [1.54, 1.807) is 0 Å². The highest BCUT2D eigenvalue weighted by atomic mass is 35.5. The topological polar surface area (TPSA) is 161 Å². The van der Waals surface area contributed by atoms with E-state index >= 15 is 8.78 Å². The molecule has 1 amide bonds. The number of fused-ring (bicyclic) bond motifs is 4. The van der Waals surface area contributed by atoms with Gasteiger partial charge in [-0.25, -0.2) is 28.0 Å². The van der Waals surface area contributed by atoms with Crippen LogP contribution in [-0.4, -0.2) is 55.8 Å². The number of hydrazine groups is 1. The van der Waals surface area contributed by atoms with Crippen LogP contribution in [-0.2, 0) is 46.9 Å². The molecule has 0 saturated heterocycles. The zero-order valence-electron chi connectivity index (χ0n) is 30.2. The molecule has 0 unspecified atom stereocenters. The number of nitrogens with two attached hydrogens (primary N) is 1. The van der Waals surface area contributed by atoms with Crippen LogP contribution in [0, 0.1) is 29.4 Å². The maximum atomic E-state index is 15.4. The van der Waals surface area contributed by atoms with Crippen molar-refractivity contribution in [2.45, 2.75) is 61.9 Å². The van der Waals surface area contributed by atoms with Gasteiger partial charge in [-0.3, -0.25) is 14.2 Å². The van der Waals surface area contributed by atoms with Crippen molar-refractivity contribution in [1.29, 1.82) is 0 Å². The molecule has 2 saturated carbocycles. The molecule has 3 aliphatic rings. The van der Waals surface area contributed by atoms with Gasteiger partial charge in [-0.15, -0.1) is 0 Å². The molecule has 0 radical (unpaired) electrons. The van der Waals surface area contributed by atoms with Crippen molar-refractivity contribution in [3.8, 4) is 23.0 Å². The zero-order chi connectivity index (χ0) is 41.9. The first-order valence-electron chi connectivity index (χ1n) is 17.5. The number of aliphatic hydroxyl groups is 1. The Morgan fingerprint density at radius 3 is 2.43 bits per heavy atom. The lowest BCUT2D eigenvalue weighted by atomic mass is 9.93. The second-order valence-electron chi connectivity index (χ2n) is 14.7. The van der Waals surface area contributed by atoms with Crippen molar-refractivity contribution in [2.24, 2.45) is 18.8 Å². The maximum absolute atomic E-state index is 15.4. The number of aromatic nitrogens is 5. The first-order chi connectivity index (χ1) is 27.1. The van der Waals surface area contributed by atoms with Crippen LogP contribution in [0.5, 0.6) is 0 Å². The second kappa shape index (κ2) is 13.4. The van der Waals surface area contributed by atoms with E-state index in [0.29, 0.717) is 28.0 Å². The maximum Gasteiger partial charge on any atom is 0.435 e. The Hall–Kier alpha value is -5.23. The number of nitrogens with one attached hydrogen (secondary N) is 1. The highest BCUT2D eigenvalue weighted by molar-refractivity contribution is 7.92. The van der Waals surface area contributed by atoms with Crippen molar-refractivity contribution in [2.75, 3.05) is 10.7 Å². The third-order valence-electron chi connectivity index (χ3n) is 10.4. The number of carbonyl (C=O) groups is 1. The third-order valence-corrected chi connectivity index (χ3v) is 11.6. The number of benzene rings is 2. The Labute approximate surface area is 329 Å². The highest BCUT2D eigenvalue weighted by Crippen LogP contribution is 2.68. The van der Waals surface area contributed by atoms with Gasteiger partial charge in [0.05, 0.1) is 33.9 Å². The Bertz CT molecular complexity index is 2720. The number of carbonyl (C=O) groups excluding carboxylic acids is 1. The van der Waals surface area contributed by atoms with E-state index < -0.39 is 93.1 Å². The lowest BCUT2D eigenvalue weighted by molar-refractivity contribution is -0.142. The van der Waals surface area contributed by atoms with Gasteiger partial charge in [0.1, 0.15) is 35.2 Å². The standard InChI is InChI=1S/C37H30ClF7N8O4S/c1-51-31-22(5-6-25(38)29(31)34(50-51)53(46)58(2,56)57)21-4-3-20(7-8-35(55)9-10-35)47-30(21)26(13-17-11-18(39)14-19(40)12-17)48-27(54)16-52-33-28(32(49-52)37(43,44)45)23-15-24(23)36(33,41)42/h3-6,11-12,14,23-24,26,55H,9-10,13,15-16,46H2,1-2H3,(H,48,54)/t23-,24+,26-/m0/s1. The largest absolute Gasteiger partial charge is 0.435 e. The average Bonchev–Trinajstić information content (AvgIpc) is 3.98. The van der Waals surface area contributed by atoms with Gasteiger partial charge in [0.15, 0.2) is 11.5 Å². The number of sulfonamides is 1. The summed E-state index contributed by atoms with van der Waals surface area (Å²) < 4.78 is 129. The molecular formula is C37H30ClF7N8O4S. The molecular weight excluding hydrogens is 821 g/mol. The summed E-state index contributed by atoms with van der Waals surface area (Å²) in [6, 6.07) is 7.09.